The zero-order valence-corrected chi connectivity index (χ0v) is 9.10. The van der Waals surface area contributed by atoms with Crippen LogP contribution in [-0.2, 0) is 11.2 Å². The van der Waals surface area contributed by atoms with Crippen LogP contribution in [0.1, 0.15) is 19.4 Å². The Bertz CT molecular complexity index is 367. The van der Waals surface area contributed by atoms with Crippen molar-refractivity contribution in [1.29, 1.82) is 0 Å². The molecule has 1 fully saturated rings. The van der Waals surface area contributed by atoms with E-state index in [9.17, 15) is 4.79 Å². The van der Waals surface area contributed by atoms with Gasteiger partial charge < -0.3 is 5.11 Å². The normalized spacial score (nSPS) is 27.3. The topological polar surface area (TPSA) is 37.3 Å². The van der Waals surface area contributed by atoms with Crippen molar-refractivity contribution in [3.05, 3.63) is 35.9 Å². The first-order valence-corrected chi connectivity index (χ1v) is 5.30. The molecule has 80 valence electrons. The van der Waals surface area contributed by atoms with E-state index in [1.165, 1.54) is 5.56 Å². The summed E-state index contributed by atoms with van der Waals surface area (Å²) in [4.78, 5) is 11.0. The van der Waals surface area contributed by atoms with Gasteiger partial charge in [0, 0.05) is 0 Å². The van der Waals surface area contributed by atoms with Gasteiger partial charge in [0.2, 0.25) is 0 Å². The van der Waals surface area contributed by atoms with Crippen molar-refractivity contribution >= 4 is 5.97 Å². The van der Waals surface area contributed by atoms with Crippen LogP contribution in [0.5, 0.6) is 0 Å². The number of benzene rings is 1. The molecule has 0 aromatic heterocycles. The molecule has 0 bridgehead atoms. The van der Waals surface area contributed by atoms with Gasteiger partial charge in [-0.3, -0.25) is 4.79 Å². The Kier molecular flexibility index (Phi) is 2.29. The van der Waals surface area contributed by atoms with Crippen LogP contribution >= 0.6 is 0 Å². The molecule has 1 N–H and O–H groups in total. The molecule has 2 atom stereocenters. The fourth-order valence-corrected chi connectivity index (χ4v) is 2.48. The predicted molar refractivity (Wildman–Crippen MR) is 58.5 cm³/mol. The van der Waals surface area contributed by atoms with Gasteiger partial charge >= 0.3 is 5.97 Å². The lowest BCUT2D eigenvalue weighted by atomic mass is 10.0. The first-order valence-electron chi connectivity index (χ1n) is 5.30. The maximum absolute atomic E-state index is 11.0. The van der Waals surface area contributed by atoms with Gasteiger partial charge in [0.25, 0.3) is 0 Å². The van der Waals surface area contributed by atoms with E-state index < -0.39 is 5.97 Å². The van der Waals surface area contributed by atoms with E-state index in [1.54, 1.807) is 0 Å². The molecule has 0 saturated heterocycles. The highest BCUT2D eigenvalue weighted by atomic mass is 16.4. The highest BCUT2D eigenvalue weighted by molar-refractivity contribution is 5.75. The van der Waals surface area contributed by atoms with Crippen LogP contribution in [0.3, 0.4) is 0 Å². The maximum Gasteiger partial charge on any atom is 0.307 e. The first-order chi connectivity index (χ1) is 7.03. The molecule has 15 heavy (non-hydrogen) atoms. The molecule has 1 aromatic rings. The third-order valence-corrected chi connectivity index (χ3v) is 3.61. The van der Waals surface area contributed by atoms with Crippen LogP contribution in [0.2, 0.25) is 0 Å². The fraction of sp³-hybridized carbons (Fsp3) is 0.462. The van der Waals surface area contributed by atoms with Crippen LogP contribution in [0.25, 0.3) is 0 Å². The monoisotopic (exact) mass is 204 g/mol. The molecular weight excluding hydrogens is 188 g/mol. The van der Waals surface area contributed by atoms with Gasteiger partial charge in [-0.15, -0.1) is 0 Å². The lowest BCUT2D eigenvalue weighted by Gasteiger charge is -2.01. The summed E-state index contributed by atoms with van der Waals surface area (Å²) < 4.78 is 0. The standard InChI is InChI=1S/C13H16O2/c1-13(2)10(11(13)12(14)15)8-9-6-4-3-5-7-9/h3-7,10-11H,8H2,1-2H3,(H,14,15)/t10-,11-/m0/s1. The van der Waals surface area contributed by atoms with E-state index in [1.807, 2.05) is 32.0 Å². The van der Waals surface area contributed by atoms with Crippen LogP contribution in [0.15, 0.2) is 30.3 Å². The van der Waals surface area contributed by atoms with Gasteiger partial charge in [-0.05, 0) is 23.3 Å². The number of rotatable bonds is 3. The van der Waals surface area contributed by atoms with Gasteiger partial charge in [0.05, 0.1) is 5.92 Å². The largest absolute Gasteiger partial charge is 0.481 e. The summed E-state index contributed by atoms with van der Waals surface area (Å²) in [6, 6.07) is 10.1. The van der Waals surface area contributed by atoms with Crippen molar-refractivity contribution in [3.8, 4) is 0 Å². The molecule has 0 aliphatic heterocycles. The number of aliphatic carboxylic acids is 1. The van der Waals surface area contributed by atoms with Crippen molar-refractivity contribution in [2.24, 2.45) is 17.3 Å². The minimum atomic E-state index is -0.652. The van der Waals surface area contributed by atoms with Gasteiger partial charge in [0.1, 0.15) is 0 Å². The summed E-state index contributed by atoms with van der Waals surface area (Å²) in [5, 5.41) is 9.04. The molecular formula is C13H16O2. The smallest absolute Gasteiger partial charge is 0.307 e. The minimum Gasteiger partial charge on any atom is -0.481 e. The highest BCUT2D eigenvalue weighted by Crippen LogP contribution is 2.59. The molecule has 1 saturated carbocycles. The lowest BCUT2D eigenvalue weighted by Crippen LogP contribution is -2.03. The molecule has 0 radical (unpaired) electrons. The van der Waals surface area contributed by atoms with E-state index in [-0.39, 0.29) is 17.3 Å². The molecule has 2 heteroatoms. The molecule has 2 nitrogen and oxygen atoms in total. The Hall–Kier alpha value is -1.31. The molecule has 1 aliphatic rings. The Morgan fingerprint density at radius 1 is 1.33 bits per heavy atom. The Balaban J connectivity index is 2.07. The van der Waals surface area contributed by atoms with Gasteiger partial charge in [-0.25, -0.2) is 0 Å². The Morgan fingerprint density at radius 3 is 2.40 bits per heavy atom. The van der Waals surface area contributed by atoms with Crippen LogP contribution in [-0.4, -0.2) is 11.1 Å². The quantitative estimate of drug-likeness (QED) is 0.821. The molecule has 0 amide bonds. The molecule has 1 aliphatic carbocycles. The van der Waals surface area contributed by atoms with Crippen molar-refractivity contribution in [1.82, 2.24) is 0 Å². The summed E-state index contributed by atoms with van der Waals surface area (Å²) in [7, 11) is 0. The maximum atomic E-state index is 11.0. The predicted octanol–water partition coefficient (Wildman–Crippen LogP) is 2.59. The molecule has 0 spiro atoms. The zero-order valence-electron chi connectivity index (χ0n) is 9.10. The fourth-order valence-electron chi connectivity index (χ4n) is 2.48. The lowest BCUT2D eigenvalue weighted by molar-refractivity contribution is -0.139. The second-order valence-corrected chi connectivity index (χ2v) is 4.93. The molecule has 0 unspecified atom stereocenters. The SMILES string of the molecule is CC1(C)[C@H](C(=O)O)[C@@H]1Cc1ccccc1. The average Bonchev–Trinajstić information content (AvgIpc) is 2.70. The summed E-state index contributed by atoms with van der Waals surface area (Å²) >= 11 is 0. The van der Waals surface area contributed by atoms with Gasteiger partial charge in [-0.2, -0.15) is 0 Å². The number of carboxylic acid groups (broad SMARTS) is 1. The van der Waals surface area contributed by atoms with Crippen LogP contribution in [0, 0.1) is 17.3 Å². The number of carboxylic acids is 1. The third kappa shape index (κ3) is 1.76. The first kappa shape index (κ1) is 10.2. The molecule has 0 heterocycles. The second kappa shape index (κ2) is 3.37. The van der Waals surface area contributed by atoms with E-state index in [0.717, 1.165) is 6.42 Å². The van der Waals surface area contributed by atoms with Crippen molar-refractivity contribution in [3.63, 3.8) is 0 Å². The summed E-state index contributed by atoms with van der Waals surface area (Å²) in [6.45, 7) is 4.08. The van der Waals surface area contributed by atoms with Crippen molar-refractivity contribution in [2.75, 3.05) is 0 Å². The van der Waals surface area contributed by atoms with Crippen LogP contribution in [0.4, 0.5) is 0 Å². The third-order valence-electron chi connectivity index (χ3n) is 3.61. The Morgan fingerprint density at radius 2 is 1.93 bits per heavy atom. The summed E-state index contributed by atoms with van der Waals surface area (Å²) in [5.74, 6) is -0.531. The van der Waals surface area contributed by atoms with E-state index >= 15 is 0 Å². The zero-order chi connectivity index (χ0) is 11.1. The number of hydrogen-bond donors (Lipinski definition) is 1. The van der Waals surface area contributed by atoms with Crippen molar-refractivity contribution in [2.45, 2.75) is 20.3 Å². The van der Waals surface area contributed by atoms with Gasteiger partial charge in [0.15, 0.2) is 0 Å². The van der Waals surface area contributed by atoms with Crippen molar-refractivity contribution < 1.29 is 9.90 Å². The summed E-state index contributed by atoms with van der Waals surface area (Å²) in [6.07, 6.45) is 0.880. The number of hydrogen-bond acceptors (Lipinski definition) is 1. The number of carbonyl (C=O) groups is 1. The van der Waals surface area contributed by atoms with Crippen LogP contribution < -0.4 is 0 Å². The molecule has 1 aromatic carbocycles. The Labute approximate surface area is 89.9 Å². The van der Waals surface area contributed by atoms with E-state index in [0.29, 0.717) is 0 Å². The van der Waals surface area contributed by atoms with E-state index in [2.05, 4.69) is 12.1 Å². The average molecular weight is 204 g/mol. The van der Waals surface area contributed by atoms with E-state index in [4.69, 9.17) is 5.11 Å². The summed E-state index contributed by atoms with van der Waals surface area (Å²) in [5.41, 5.74) is 1.20. The second-order valence-electron chi connectivity index (χ2n) is 4.93. The highest BCUT2D eigenvalue weighted by Gasteiger charge is 2.61. The van der Waals surface area contributed by atoms with Gasteiger partial charge in [-0.1, -0.05) is 44.2 Å². The molecule has 2 rings (SSSR count). The minimum absolute atomic E-state index is 0.0400.